The molecule has 0 aliphatic carbocycles. The summed E-state index contributed by atoms with van der Waals surface area (Å²) in [7, 11) is 0. The monoisotopic (exact) mass is 417 g/mol. The molecule has 7 heteroatoms. The van der Waals surface area contributed by atoms with E-state index in [-0.39, 0.29) is 11.6 Å². The molecule has 1 fully saturated rings. The van der Waals surface area contributed by atoms with E-state index in [1.54, 1.807) is 6.92 Å². The van der Waals surface area contributed by atoms with E-state index >= 15 is 0 Å². The second-order valence-electron chi connectivity index (χ2n) is 7.39. The summed E-state index contributed by atoms with van der Waals surface area (Å²) >= 11 is 0. The lowest BCUT2D eigenvalue weighted by Crippen LogP contribution is -2.52. The van der Waals surface area contributed by atoms with Gasteiger partial charge in [0, 0.05) is 38.4 Å². The summed E-state index contributed by atoms with van der Waals surface area (Å²) in [4.78, 5) is 16.9. The van der Waals surface area contributed by atoms with E-state index in [4.69, 9.17) is 0 Å². The molecule has 1 saturated heterocycles. The minimum atomic E-state index is -4.43. The molecule has 2 aromatic rings. The van der Waals surface area contributed by atoms with E-state index in [2.05, 4.69) is 39.4 Å². The lowest BCUT2D eigenvalue weighted by atomic mass is 10.1. The maximum absolute atomic E-state index is 12.8. The summed E-state index contributed by atoms with van der Waals surface area (Å²) in [5.74, 6) is -0.299. The fourth-order valence-electron chi connectivity index (χ4n) is 3.42. The summed E-state index contributed by atoms with van der Waals surface area (Å²) in [5.41, 5.74) is 0.549. The van der Waals surface area contributed by atoms with E-state index < -0.39 is 17.8 Å². The molecule has 30 heavy (non-hydrogen) atoms. The largest absolute Gasteiger partial charge is 0.416 e. The topological polar surface area (TPSA) is 35.6 Å². The van der Waals surface area contributed by atoms with Crippen molar-refractivity contribution in [1.82, 2.24) is 9.80 Å². The number of hydrogen-bond acceptors (Lipinski definition) is 3. The van der Waals surface area contributed by atoms with Gasteiger partial charge < -0.3 is 5.32 Å². The number of carbonyl (C=O) groups excluding carboxylic acids is 1. The molecular formula is C23H26F3N3O. The van der Waals surface area contributed by atoms with Crippen molar-refractivity contribution in [1.29, 1.82) is 0 Å². The maximum Gasteiger partial charge on any atom is 0.416 e. The molecule has 160 valence electrons. The Hall–Kier alpha value is -2.64. The van der Waals surface area contributed by atoms with Gasteiger partial charge in [-0.3, -0.25) is 14.6 Å². The molecular weight excluding hydrogens is 391 g/mol. The molecule has 4 nitrogen and oxygen atoms in total. The predicted molar refractivity (Wildman–Crippen MR) is 113 cm³/mol. The summed E-state index contributed by atoms with van der Waals surface area (Å²) in [6.07, 6.45) is -0.204. The van der Waals surface area contributed by atoms with E-state index in [1.807, 2.05) is 18.2 Å². The van der Waals surface area contributed by atoms with Gasteiger partial charge in [-0.05, 0) is 30.7 Å². The molecule has 0 spiro atoms. The Kier molecular flexibility index (Phi) is 7.29. The van der Waals surface area contributed by atoms with E-state index in [9.17, 15) is 18.0 Å². The number of anilines is 1. The first-order valence-corrected chi connectivity index (χ1v) is 9.99. The van der Waals surface area contributed by atoms with Crippen LogP contribution in [0, 0.1) is 0 Å². The highest BCUT2D eigenvalue weighted by atomic mass is 19.4. The standard InChI is InChI=1S/C23H26F3N3O/c1-18(22(30)27-21-11-5-10-20(17-21)23(24,25)26)29-15-13-28(14-16-29)12-6-9-19-7-3-2-4-8-19/h2-11,17-18H,12-16H2,1H3,(H,27,30)/b9-6+/t18-/m1/s1. The average molecular weight is 417 g/mol. The van der Waals surface area contributed by atoms with Crippen LogP contribution < -0.4 is 5.32 Å². The van der Waals surface area contributed by atoms with Crippen LogP contribution >= 0.6 is 0 Å². The zero-order chi connectivity index (χ0) is 21.6. The fraction of sp³-hybridized carbons (Fsp3) is 0.348. The molecule has 1 aliphatic rings. The van der Waals surface area contributed by atoms with Gasteiger partial charge >= 0.3 is 6.18 Å². The van der Waals surface area contributed by atoms with Crippen molar-refractivity contribution in [3.63, 3.8) is 0 Å². The highest BCUT2D eigenvalue weighted by Crippen LogP contribution is 2.30. The number of benzene rings is 2. The molecule has 1 amide bonds. The number of hydrogen-bond donors (Lipinski definition) is 1. The van der Waals surface area contributed by atoms with Crippen LogP contribution in [0.3, 0.4) is 0 Å². The first-order chi connectivity index (χ1) is 14.3. The zero-order valence-corrected chi connectivity index (χ0v) is 16.9. The van der Waals surface area contributed by atoms with Gasteiger partial charge in [0.25, 0.3) is 0 Å². The number of nitrogens with zero attached hydrogens (tertiary/aromatic N) is 2. The SMILES string of the molecule is C[C@H](C(=O)Nc1cccc(C(F)(F)F)c1)N1CCN(C/C=C/c2ccccc2)CC1. The molecule has 1 heterocycles. The third-order valence-corrected chi connectivity index (χ3v) is 5.26. The minimum absolute atomic E-state index is 0.159. The van der Waals surface area contributed by atoms with Gasteiger partial charge in [0.1, 0.15) is 0 Å². The van der Waals surface area contributed by atoms with Gasteiger partial charge in [0.15, 0.2) is 0 Å². The molecule has 0 bridgehead atoms. The Labute approximate surface area is 175 Å². The average Bonchev–Trinajstić information content (AvgIpc) is 2.74. The molecule has 3 rings (SSSR count). The Bertz CT molecular complexity index is 859. The normalized spacial score (nSPS) is 17.2. The van der Waals surface area contributed by atoms with Crippen LogP contribution in [0.15, 0.2) is 60.7 Å². The first kappa shape index (κ1) is 22.1. The smallest absolute Gasteiger partial charge is 0.325 e. The van der Waals surface area contributed by atoms with Crippen molar-refractivity contribution < 1.29 is 18.0 Å². The van der Waals surface area contributed by atoms with Crippen LogP contribution in [-0.4, -0.2) is 54.5 Å². The number of amides is 1. The number of carbonyl (C=O) groups is 1. The van der Waals surface area contributed by atoms with E-state index in [1.165, 1.54) is 12.1 Å². The van der Waals surface area contributed by atoms with E-state index in [0.717, 1.165) is 50.4 Å². The lowest BCUT2D eigenvalue weighted by molar-refractivity contribution is -0.137. The minimum Gasteiger partial charge on any atom is -0.325 e. The Balaban J connectivity index is 1.47. The van der Waals surface area contributed by atoms with Gasteiger partial charge in [-0.1, -0.05) is 48.6 Å². The quantitative estimate of drug-likeness (QED) is 0.759. The first-order valence-electron chi connectivity index (χ1n) is 9.99. The molecule has 1 N–H and O–H groups in total. The molecule has 0 aromatic heterocycles. The van der Waals surface area contributed by atoms with Crippen LogP contribution in [0.1, 0.15) is 18.1 Å². The number of halogens is 3. The Morgan fingerprint density at radius 2 is 1.77 bits per heavy atom. The number of alkyl halides is 3. The van der Waals surface area contributed by atoms with Crippen LogP contribution in [0.2, 0.25) is 0 Å². The second-order valence-corrected chi connectivity index (χ2v) is 7.39. The summed E-state index contributed by atoms with van der Waals surface area (Å²) in [6, 6.07) is 14.4. The molecule has 1 atom stereocenters. The van der Waals surface area contributed by atoms with Crippen LogP contribution in [0.4, 0.5) is 18.9 Å². The van der Waals surface area contributed by atoms with Gasteiger partial charge in [0.2, 0.25) is 5.91 Å². The van der Waals surface area contributed by atoms with Gasteiger partial charge in [-0.15, -0.1) is 0 Å². The fourth-order valence-corrected chi connectivity index (χ4v) is 3.42. The van der Waals surface area contributed by atoms with Crippen molar-refractivity contribution in [2.24, 2.45) is 0 Å². The molecule has 0 radical (unpaired) electrons. The van der Waals surface area contributed by atoms with Gasteiger partial charge in [0.05, 0.1) is 11.6 Å². The zero-order valence-electron chi connectivity index (χ0n) is 16.9. The van der Waals surface area contributed by atoms with Crippen molar-refractivity contribution in [3.05, 3.63) is 71.8 Å². The molecule has 1 aliphatic heterocycles. The van der Waals surface area contributed by atoms with Crippen molar-refractivity contribution >= 4 is 17.7 Å². The van der Waals surface area contributed by atoms with E-state index in [0.29, 0.717) is 0 Å². The van der Waals surface area contributed by atoms with Crippen molar-refractivity contribution in [2.45, 2.75) is 19.1 Å². The van der Waals surface area contributed by atoms with Crippen LogP contribution in [0.25, 0.3) is 6.08 Å². The molecule has 0 unspecified atom stereocenters. The third-order valence-electron chi connectivity index (χ3n) is 5.26. The summed E-state index contributed by atoms with van der Waals surface area (Å²) < 4.78 is 38.5. The lowest BCUT2D eigenvalue weighted by Gasteiger charge is -2.37. The Morgan fingerprint density at radius 3 is 2.43 bits per heavy atom. The van der Waals surface area contributed by atoms with Crippen molar-refractivity contribution in [2.75, 3.05) is 38.0 Å². The molecule has 2 aromatic carbocycles. The number of rotatable bonds is 6. The summed E-state index contributed by atoms with van der Waals surface area (Å²) in [5, 5.41) is 2.61. The third kappa shape index (κ3) is 6.18. The maximum atomic E-state index is 12.8. The number of nitrogens with one attached hydrogen (secondary N) is 1. The van der Waals surface area contributed by atoms with Crippen LogP contribution in [0.5, 0.6) is 0 Å². The van der Waals surface area contributed by atoms with Gasteiger partial charge in [-0.25, -0.2) is 0 Å². The highest BCUT2D eigenvalue weighted by molar-refractivity contribution is 5.94. The second kappa shape index (κ2) is 9.91. The number of piperazine rings is 1. The van der Waals surface area contributed by atoms with Crippen molar-refractivity contribution in [3.8, 4) is 0 Å². The summed E-state index contributed by atoms with van der Waals surface area (Å²) in [6.45, 7) is 5.76. The predicted octanol–water partition coefficient (Wildman–Crippen LogP) is 4.36. The highest BCUT2D eigenvalue weighted by Gasteiger charge is 2.31. The van der Waals surface area contributed by atoms with Crippen LogP contribution in [-0.2, 0) is 11.0 Å². The Morgan fingerprint density at radius 1 is 1.07 bits per heavy atom. The van der Waals surface area contributed by atoms with Gasteiger partial charge in [-0.2, -0.15) is 13.2 Å². The molecule has 0 saturated carbocycles.